The highest BCUT2D eigenvalue weighted by Crippen LogP contribution is 2.40. The largest absolute Gasteiger partial charge is 0.462 e. The Hall–Kier alpha value is -1.45. The molecule has 1 aromatic rings. The van der Waals surface area contributed by atoms with Gasteiger partial charge in [-0.1, -0.05) is 13.3 Å². The van der Waals surface area contributed by atoms with Crippen molar-refractivity contribution in [2.24, 2.45) is 0 Å². The normalized spacial score (nSPS) is 14.6. The van der Waals surface area contributed by atoms with Gasteiger partial charge in [0, 0.05) is 18.5 Å². The first-order chi connectivity index (χ1) is 8.76. The van der Waals surface area contributed by atoms with E-state index in [2.05, 4.69) is 16.9 Å². The van der Waals surface area contributed by atoms with Gasteiger partial charge in [0.1, 0.15) is 5.82 Å². The smallest absolute Gasteiger partial charge is 0.341 e. The van der Waals surface area contributed by atoms with Crippen molar-refractivity contribution in [1.29, 1.82) is 0 Å². The van der Waals surface area contributed by atoms with Gasteiger partial charge in [-0.2, -0.15) is 0 Å². The summed E-state index contributed by atoms with van der Waals surface area (Å²) in [6.45, 7) is 4.35. The third-order valence-corrected chi connectivity index (χ3v) is 3.08. The van der Waals surface area contributed by atoms with E-state index >= 15 is 0 Å². The van der Waals surface area contributed by atoms with Gasteiger partial charge < -0.3 is 4.74 Å². The molecule has 4 heteroatoms. The van der Waals surface area contributed by atoms with Gasteiger partial charge in [0.2, 0.25) is 0 Å². The van der Waals surface area contributed by atoms with Gasteiger partial charge in [-0.3, -0.25) is 0 Å². The first-order valence-corrected chi connectivity index (χ1v) is 6.79. The summed E-state index contributed by atoms with van der Waals surface area (Å²) in [5.74, 6) is 1.00. The zero-order valence-electron chi connectivity index (χ0n) is 11.1. The van der Waals surface area contributed by atoms with Crippen LogP contribution in [0.1, 0.15) is 67.3 Å². The molecule has 0 amide bonds. The second-order valence-electron chi connectivity index (χ2n) is 4.68. The molecule has 0 N–H and O–H groups in total. The van der Waals surface area contributed by atoms with Crippen LogP contribution in [0.25, 0.3) is 0 Å². The summed E-state index contributed by atoms with van der Waals surface area (Å²) in [5.41, 5.74) is 1.45. The lowest BCUT2D eigenvalue weighted by Crippen LogP contribution is -2.12. The topological polar surface area (TPSA) is 52.1 Å². The highest BCUT2D eigenvalue weighted by molar-refractivity contribution is 5.90. The lowest BCUT2D eigenvalue weighted by molar-refractivity contribution is 0.0523. The SMILES string of the molecule is CCCCc1ncc(C(=O)OCC)c(C2CC2)n1. The van der Waals surface area contributed by atoms with E-state index in [1.807, 2.05) is 6.92 Å². The van der Waals surface area contributed by atoms with Crippen molar-refractivity contribution in [3.63, 3.8) is 0 Å². The van der Waals surface area contributed by atoms with Crippen molar-refractivity contribution in [3.05, 3.63) is 23.3 Å². The minimum absolute atomic E-state index is 0.290. The Bertz CT molecular complexity index is 428. The Labute approximate surface area is 108 Å². The first-order valence-electron chi connectivity index (χ1n) is 6.79. The first kappa shape index (κ1) is 13.0. The number of esters is 1. The molecular weight excluding hydrogens is 228 g/mol. The predicted octanol–water partition coefficient (Wildman–Crippen LogP) is 2.87. The van der Waals surface area contributed by atoms with Gasteiger partial charge >= 0.3 is 5.97 Å². The molecule has 0 spiro atoms. The Kier molecular flexibility index (Phi) is 4.28. The molecule has 1 saturated carbocycles. The van der Waals surface area contributed by atoms with Gasteiger partial charge in [-0.15, -0.1) is 0 Å². The van der Waals surface area contributed by atoms with Crippen LogP contribution in [0.2, 0.25) is 0 Å². The average molecular weight is 248 g/mol. The fourth-order valence-electron chi connectivity index (χ4n) is 1.92. The lowest BCUT2D eigenvalue weighted by Gasteiger charge is -2.08. The summed E-state index contributed by atoms with van der Waals surface area (Å²) in [4.78, 5) is 20.7. The average Bonchev–Trinajstić information content (AvgIpc) is 3.20. The maximum Gasteiger partial charge on any atom is 0.341 e. The molecular formula is C14H20N2O2. The summed E-state index contributed by atoms with van der Waals surface area (Å²) >= 11 is 0. The van der Waals surface area contributed by atoms with Crippen LogP contribution in [0.4, 0.5) is 0 Å². The zero-order chi connectivity index (χ0) is 13.0. The van der Waals surface area contributed by atoms with Crippen LogP contribution in [-0.4, -0.2) is 22.5 Å². The Morgan fingerprint density at radius 3 is 2.83 bits per heavy atom. The van der Waals surface area contributed by atoms with E-state index in [1.165, 1.54) is 0 Å². The maximum absolute atomic E-state index is 11.8. The number of ether oxygens (including phenoxy) is 1. The molecule has 0 atom stereocenters. The van der Waals surface area contributed by atoms with Crippen LogP contribution in [-0.2, 0) is 11.2 Å². The third-order valence-electron chi connectivity index (χ3n) is 3.08. The standard InChI is InChI=1S/C14H20N2O2/c1-3-5-6-12-15-9-11(14(17)18-4-2)13(16-12)10-7-8-10/h9-10H,3-8H2,1-2H3. The van der Waals surface area contributed by atoms with Gasteiger partial charge in [-0.25, -0.2) is 14.8 Å². The summed E-state index contributed by atoms with van der Waals surface area (Å²) in [6.07, 6.45) is 6.99. The summed E-state index contributed by atoms with van der Waals surface area (Å²) in [6, 6.07) is 0. The summed E-state index contributed by atoms with van der Waals surface area (Å²) in [7, 11) is 0. The molecule has 98 valence electrons. The van der Waals surface area contributed by atoms with E-state index in [1.54, 1.807) is 6.20 Å². The van der Waals surface area contributed by atoms with E-state index in [9.17, 15) is 4.79 Å². The third kappa shape index (κ3) is 3.06. The number of carbonyl (C=O) groups is 1. The van der Waals surface area contributed by atoms with Crippen LogP contribution in [0.5, 0.6) is 0 Å². The van der Waals surface area contributed by atoms with E-state index in [0.717, 1.165) is 43.6 Å². The second-order valence-corrected chi connectivity index (χ2v) is 4.68. The highest BCUT2D eigenvalue weighted by atomic mass is 16.5. The molecule has 0 aromatic carbocycles. The Morgan fingerprint density at radius 1 is 1.44 bits per heavy atom. The number of nitrogens with zero attached hydrogens (tertiary/aromatic N) is 2. The molecule has 18 heavy (non-hydrogen) atoms. The number of hydrogen-bond donors (Lipinski definition) is 0. The monoisotopic (exact) mass is 248 g/mol. The quantitative estimate of drug-likeness (QED) is 0.726. The fraction of sp³-hybridized carbons (Fsp3) is 0.643. The van der Waals surface area contributed by atoms with Gasteiger partial charge in [0.25, 0.3) is 0 Å². The maximum atomic E-state index is 11.8. The van der Waals surface area contributed by atoms with E-state index in [0.29, 0.717) is 18.1 Å². The van der Waals surface area contributed by atoms with E-state index in [4.69, 9.17) is 4.74 Å². The molecule has 1 fully saturated rings. The van der Waals surface area contributed by atoms with E-state index < -0.39 is 0 Å². The van der Waals surface area contributed by atoms with Crippen molar-refractivity contribution in [2.45, 2.75) is 51.9 Å². The molecule has 1 heterocycles. The molecule has 1 aliphatic carbocycles. The predicted molar refractivity (Wildman–Crippen MR) is 68.6 cm³/mol. The number of rotatable bonds is 6. The van der Waals surface area contributed by atoms with Gasteiger partial charge in [0.05, 0.1) is 17.9 Å². The number of aryl methyl sites for hydroxylation is 1. The Morgan fingerprint density at radius 2 is 2.22 bits per heavy atom. The van der Waals surface area contributed by atoms with Gasteiger partial charge in [0.15, 0.2) is 0 Å². The molecule has 0 unspecified atom stereocenters. The van der Waals surface area contributed by atoms with Gasteiger partial charge in [-0.05, 0) is 26.2 Å². The van der Waals surface area contributed by atoms with Crippen LogP contribution in [0, 0.1) is 0 Å². The second kappa shape index (κ2) is 5.94. The van der Waals surface area contributed by atoms with Crippen LogP contribution >= 0.6 is 0 Å². The molecule has 0 bridgehead atoms. The zero-order valence-corrected chi connectivity index (χ0v) is 11.1. The Balaban J connectivity index is 2.21. The van der Waals surface area contributed by atoms with Crippen LogP contribution in [0.15, 0.2) is 6.20 Å². The number of hydrogen-bond acceptors (Lipinski definition) is 4. The van der Waals surface area contributed by atoms with E-state index in [-0.39, 0.29) is 5.97 Å². The van der Waals surface area contributed by atoms with Crippen molar-refractivity contribution in [2.75, 3.05) is 6.61 Å². The number of aromatic nitrogens is 2. The minimum Gasteiger partial charge on any atom is -0.462 e. The van der Waals surface area contributed by atoms with Crippen LogP contribution < -0.4 is 0 Å². The molecule has 0 saturated heterocycles. The number of unbranched alkanes of at least 4 members (excludes halogenated alkanes) is 1. The van der Waals surface area contributed by atoms with Crippen molar-refractivity contribution in [3.8, 4) is 0 Å². The minimum atomic E-state index is -0.290. The molecule has 1 aliphatic rings. The summed E-state index contributed by atoms with van der Waals surface area (Å²) in [5, 5.41) is 0. The molecule has 2 rings (SSSR count). The molecule has 0 aliphatic heterocycles. The van der Waals surface area contributed by atoms with Crippen molar-refractivity contribution >= 4 is 5.97 Å². The summed E-state index contributed by atoms with van der Waals surface area (Å²) < 4.78 is 5.05. The number of carbonyl (C=O) groups excluding carboxylic acids is 1. The molecule has 0 radical (unpaired) electrons. The van der Waals surface area contributed by atoms with Crippen LogP contribution in [0.3, 0.4) is 0 Å². The van der Waals surface area contributed by atoms with Crippen molar-refractivity contribution < 1.29 is 9.53 Å². The molecule has 1 aromatic heterocycles. The van der Waals surface area contributed by atoms with Crippen molar-refractivity contribution in [1.82, 2.24) is 9.97 Å². The molecule has 4 nitrogen and oxygen atoms in total. The fourth-order valence-corrected chi connectivity index (χ4v) is 1.92. The highest BCUT2D eigenvalue weighted by Gasteiger charge is 2.30. The lowest BCUT2D eigenvalue weighted by atomic mass is 10.1.